The Labute approximate surface area is 90.7 Å². The van der Waals surface area contributed by atoms with Crippen LogP contribution in [0.5, 0.6) is 0 Å². The molecule has 0 spiro atoms. The number of rotatable bonds is 2. The third kappa shape index (κ3) is 1.75. The first kappa shape index (κ1) is 8.78. The molecule has 1 fully saturated rings. The maximum absolute atomic E-state index is 5.52. The van der Waals surface area contributed by atoms with Crippen molar-refractivity contribution in [2.24, 2.45) is 0 Å². The Morgan fingerprint density at radius 2 is 2.00 bits per heavy atom. The van der Waals surface area contributed by atoms with Crippen molar-refractivity contribution < 1.29 is 0 Å². The molecule has 3 heteroatoms. The van der Waals surface area contributed by atoms with Gasteiger partial charge in [0.1, 0.15) is 0 Å². The number of halogens is 2. The molecule has 2 atom stereocenters. The molecule has 1 aromatic rings. The molecule has 1 N–H and O–H groups in total. The summed E-state index contributed by atoms with van der Waals surface area (Å²) in [6.07, 6.45) is 1.17. The van der Waals surface area contributed by atoms with Crippen LogP contribution < -0.4 is 4.84 Å². The van der Waals surface area contributed by atoms with Crippen molar-refractivity contribution >= 4 is 34.4 Å². The van der Waals surface area contributed by atoms with Gasteiger partial charge >= 0.3 is 0 Å². The molecule has 1 saturated carbocycles. The Morgan fingerprint density at radius 3 is 2.50 bits per heavy atom. The second-order valence-corrected chi connectivity index (χ2v) is 4.57. The lowest BCUT2D eigenvalue weighted by molar-refractivity contribution is 0.907. The zero-order valence-corrected chi connectivity index (χ0v) is 9.34. The first-order chi connectivity index (χ1) is 5.81. The highest BCUT2D eigenvalue weighted by Crippen LogP contribution is 2.40. The van der Waals surface area contributed by atoms with Gasteiger partial charge in [-0.05, 0) is 58.5 Å². The minimum absolute atomic E-state index is 0.492. The molecule has 0 amide bonds. The van der Waals surface area contributed by atoms with Crippen molar-refractivity contribution in [1.82, 2.24) is 4.84 Å². The van der Waals surface area contributed by atoms with Gasteiger partial charge in [0.2, 0.25) is 0 Å². The Kier molecular flexibility index (Phi) is 2.57. The van der Waals surface area contributed by atoms with E-state index in [1.165, 1.54) is 15.6 Å². The first-order valence-corrected chi connectivity index (χ1v) is 5.38. The van der Waals surface area contributed by atoms with Gasteiger partial charge in [-0.3, -0.25) is 0 Å². The first-order valence-electron chi connectivity index (χ1n) is 3.93. The highest BCUT2D eigenvalue weighted by molar-refractivity contribution is 14.1. The second-order valence-electron chi connectivity index (χ2n) is 3.11. The van der Waals surface area contributed by atoms with Crippen LogP contribution in [0.4, 0.5) is 0 Å². The average molecular weight is 294 g/mol. The highest BCUT2D eigenvalue weighted by atomic mass is 127. The minimum Gasteiger partial charge on any atom is -0.230 e. The van der Waals surface area contributed by atoms with Gasteiger partial charge in [0, 0.05) is 15.5 Å². The minimum atomic E-state index is 0.492. The Hall–Kier alpha value is 0.200. The molecule has 12 heavy (non-hydrogen) atoms. The molecule has 0 saturated heterocycles. The van der Waals surface area contributed by atoms with Gasteiger partial charge in [0.05, 0.1) is 0 Å². The number of hydrogen-bond donors (Lipinski definition) is 1. The molecule has 2 rings (SSSR count). The molecule has 64 valence electrons. The highest BCUT2D eigenvalue weighted by Gasteiger charge is 2.37. The summed E-state index contributed by atoms with van der Waals surface area (Å²) in [6.45, 7) is 0. The monoisotopic (exact) mass is 293 g/mol. The van der Waals surface area contributed by atoms with Gasteiger partial charge in [0.15, 0.2) is 0 Å². The van der Waals surface area contributed by atoms with Crippen LogP contribution in [0.2, 0.25) is 0 Å². The molecule has 0 aliphatic heterocycles. The summed E-state index contributed by atoms with van der Waals surface area (Å²) in [5.74, 6) is 0.638. The predicted octanol–water partition coefficient (Wildman–Crippen LogP) is 2.89. The van der Waals surface area contributed by atoms with Crippen molar-refractivity contribution in [3.8, 4) is 0 Å². The van der Waals surface area contributed by atoms with Gasteiger partial charge in [-0.1, -0.05) is 12.1 Å². The summed E-state index contributed by atoms with van der Waals surface area (Å²) in [5, 5.41) is 0. The van der Waals surface area contributed by atoms with Crippen molar-refractivity contribution in [1.29, 1.82) is 0 Å². The molecule has 1 aliphatic carbocycles. The lowest BCUT2D eigenvalue weighted by Gasteiger charge is -1.98. The van der Waals surface area contributed by atoms with Crippen LogP contribution >= 0.6 is 34.4 Å². The lowest BCUT2D eigenvalue weighted by atomic mass is 10.1. The summed E-state index contributed by atoms with van der Waals surface area (Å²) >= 11 is 7.84. The standard InChI is InChI=1S/C9H9ClIN/c10-12-9-5-8(9)6-1-3-7(11)4-2-6/h1-4,8-9,12H,5H2. The molecule has 0 heterocycles. The Balaban J connectivity index is 2.10. The summed E-state index contributed by atoms with van der Waals surface area (Å²) in [6, 6.07) is 9.13. The van der Waals surface area contributed by atoms with Crippen LogP contribution in [0.3, 0.4) is 0 Å². The number of hydrogen-bond acceptors (Lipinski definition) is 1. The fourth-order valence-electron chi connectivity index (χ4n) is 1.39. The van der Waals surface area contributed by atoms with E-state index < -0.39 is 0 Å². The largest absolute Gasteiger partial charge is 0.230 e. The normalized spacial score (nSPS) is 27.2. The number of nitrogens with one attached hydrogen (secondary N) is 1. The smallest absolute Gasteiger partial charge is 0.0296 e. The zero-order valence-electron chi connectivity index (χ0n) is 6.43. The van der Waals surface area contributed by atoms with Crippen molar-refractivity contribution in [3.05, 3.63) is 33.4 Å². The van der Waals surface area contributed by atoms with Crippen LogP contribution in [-0.4, -0.2) is 6.04 Å². The summed E-state index contributed by atoms with van der Waals surface area (Å²) in [7, 11) is 0. The van der Waals surface area contributed by atoms with E-state index in [2.05, 4.69) is 51.7 Å². The van der Waals surface area contributed by atoms with Crippen LogP contribution in [0, 0.1) is 3.57 Å². The molecular formula is C9H9ClIN. The van der Waals surface area contributed by atoms with Crippen LogP contribution in [0.25, 0.3) is 0 Å². The van der Waals surface area contributed by atoms with Crippen molar-refractivity contribution in [2.45, 2.75) is 18.4 Å². The van der Waals surface area contributed by atoms with Gasteiger partial charge in [-0.2, -0.15) is 0 Å². The van der Waals surface area contributed by atoms with Gasteiger partial charge < -0.3 is 0 Å². The van der Waals surface area contributed by atoms with Gasteiger partial charge in [0.25, 0.3) is 0 Å². The SMILES string of the molecule is ClNC1CC1c1ccc(I)cc1. The summed E-state index contributed by atoms with van der Waals surface area (Å²) in [4.78, 5) is 2.77. The molecule has 1 aromatic carbocycles. The van der Waals surface area contributed by atoms with E-state index in [4.69, 9.17) is 11.8 Å². The number of benzene rings is 1. The molecule has 1 aliphatic rings. The molecule has 0 bridgehead atoms. The summed E-state index contributed by atoms with van der Waals surface area (Å²) in [5.41, 5.74) is 1.40. The topological polar surface area (TPSA) is 12.0 Å². The average Bonchev–Trinajstić information content (AvgIpc) is 2.85. The van der Waals surface area contributed by atoms with Gasteiger partial charge in [-0.25, -0.2) is 4.84 Å². The van der Waals surface area contributed by atoms with E-state index >= 15 is 0 Å². The second kappa shape index (κ2) is 3.52. The van der Waals surface area contributed by atoms with E-state index in [9.17, 15) is 0 Å². The van der Waals surface area contributed by atoms with E-state index in [1.807, 2.05) is 0 Å². The Bertz CT molecular complexity index is 272. The molecular weight excluding hydrogens is 284 g/mol. The Morgan fingerprint density at radius 1 is 1.33 bits per heavy atom. The van der Waals surface area contributed by atoms with Crippen molar-refractivity contribution in [3.63, 3.8) is 0 Å². The van der Waals surface area contributed by atoms with Gasteiger partial charge in [-0.15, -0.1) is 0 Å². The van der Waals surface area contributed by atoms with Crippen molar-refractivity contribution in [2.75, 3.05) is 0 Å². The summed E-state index contributed by atoms with van der Waals surface area (Å²) < 4.78 is 1.28. The molecule has 2 unspecified atom stereocenters. The fourth-order valence-corrected chi connectivity index (χ4v) is 1.99. The fraction of sp³-hybridized carbons (Fsp3) is 0.333. The van der Waals surface area contributed by atoms with Crippen LogP contribution in [0.1, 0.15) is 17.9 Å². The molecule has 1 nitrogen and oxygen atoms in total. The quantitative estimate of drug-likeness (QED) is 0.653. The van der Waals surface area contributed by atoms with E-state index in [0.29, 0.717) is 12.0 Å². The van der Waals surface area contributed by atoms with E-state index in [1.54, 1.807) is 0 Å². The van der Waals surface area contributed by atoms with Crippen LogP contribution in [-0.2, 0) is 0 Å². The molecule has 0 aromatic heterocycles. The lowest BCUT2D eigenvalue weighted by Crippen LogP contribution is -2.02. The maximum Gasteiger partial charge on any atom is 0.0296 e. The van der Waals surface area contributed by atoms with Crippen LogP contribution in [0.15, 0.2) is 24.3 Å². The third-order valence-electron chi connectivity index (χ3n) is 2.23. The van der Waals surface area contributed by atoms with E-state index in [-0.39, 0.29) is 0 Å². The third-order valence-corrected chi connectivity index (χ3v) is 3.23. The maximum atomic E-state index is 5.52. The zero-order chi connectivity index (χ0) is 8.55. The van der Waals surface area contributed by atoms with E-state index in [0.717, 1.165) is 0 Å². The molecule has 0 radical (unpaired) electrons. The predicted molar refractivity (Wildman–Crippen MR) is 59.3 cm³/mol.